The summed E-state index contributed by atoms with van der Waals surface area (Å²) >= 11 is 0. The van der Waals surface area contributed by atoms with Gasteiger partial charge < -0.3 is 4.90 Å². The van der Waals surface area contributed by atoms with Gasteiger partial charge in [0.05, 0.1) is 16.9 Å². The van der Waals surface area contributed by atoms with Gasteiger partial charge in [0.1, 0.15) is 5.82 Å². The Morgan fingerprint density at radius 2 is 1.97 bits per heavy atom. The summed E-state index contributed by atoms with van der Waals surface area (Å²) in [6.45, 7) is 8.78. The number of carbonyl (C=O) groups excluding carboxylic acids is 1. The van der Waals surface area contributed by atoms with Crippen LogP contribution in [0.25, 0.3) is 10.9 Å². The fraction of sp³-hybridized carbons (Fsp3) is 0.609. The van der Waals surface area contributed by atoms with E-state index in [4.69, 9.17) is 4.98 Å². The van der Waals surface area contributed by atoms with Gasteiger partial charge in [-0.3, -0.25) is 19.1 Å². The third kappa shape index (κ3) is 4.53. The molecule has 158 valence electrons. The van der Waals surface area contributed by atoms with Crippen LogP contribution in [0.15, 0.2) is 29.1 Å². The highest BCUT2D eigenvalue weighted by molar-refractivity contribution is 5.77. The molecule has 2 heterocycles. The first-order chi connectivity index (χ1) is 14.0. The van der Waals surface area contributed by atoms with E-state index in [1.807, 2.05) is 36.2 Å². The van der Waals surface area contributed by atoms with E-state index in [2.05, 4.69) is 25.7 Å². The van der Waals surface area contributed by atoms with Crippen molar-refractivity contribution in [1.82, 2.24) is 19.4 Å². The zero-order chi connectivity index (χ0) is 21.0. The third-order valence-electron chi connectivity index (χ3n) is 6.12. The minimum absolute atomic E-state index is 0.00170. The molecular weight excluding hydrogens is 364 g/mol. The van der Waals surface area contributed by atoms with E-state index in [-0.39, 0.29) is 23.6 Å². The minimum atomic E-state index is 0.00170. The molecule has 0 radical (unpaired) electrons. The smallest absolute Gasteiger partial charge is 0.261 e. The summed E-state index contributed by atoms with van der Waals surface area (Å²) < 4.78 is 1.70. The van der Waals surface area contributed by atoms with Crippen LogP contribution in [0.4, 0.5) is 0 Å². The van der Waals surface area contributed by atoms with Crippen molar-refractivity contribution in [3.8, 4) is 0 Å². The Balaban J connectivity index is 1.78. The molecular formula is C23H34N4O2. The molecule has 3 rings (SSSR count). The number of hydrogen-bond acceptors (Lipinski definition) is 4. The molecule has 2 aromatic rings. The summed E-state index contributed by atoms with van der Waals surface area (Å²) in [6, 6.07) is 7.77. The predicted octanol–water partition coefficient (Wildman–Crippen LogP) is 3.50. The lowest BCUT2D eigenvalue weighted by molar-refractivity contribution is -0.136. The Labute approximate surface area is 173 Å². The summed E-state index contributed by atoms with van der Waals surface area (Å²) in [7, 11) is 1.82. The maximum atomic E-state index is 12.8. The molecule has 29 heavy (non-hydrogen) atoms. The highest BCUT2D eigenvalue weighted by atomic mass is 16.2. The van der Waals surface area contributed by atoms with Crippen LogP contribution >= 0.6 is 0 Å². The van der Waals surface area contributed by atoms with Gasteiger partial charge in [0.15, 0.2) is 0 Å². The predicted molar refractivity (Wildman–Crippen MR) is 117 cm³/mol. The van der Waals surface area contributed by atoms with Crippen molar-refractivity contribution in [2.24, 2.45) is 7.05 Å². The Morgan fingerprint density at radius 1 is 1.21 bits per heavy atom. The lowest BCUT2D eigenvalue weighted by Gasteiger charge is -2.43. The molecule has 0 bridgehead atoms. The van der Waals surface area contributed by atoms with Crippen molar-refractivity contribution < 1.29 is 4.79 Å². The number of para-hydroxylation sites is 1. The average molecular weight is 399 g/mol. The van der Waals surface area contributed by atoms with Crippen molar-refractivity contribution in [3.05, 3.63) is 40.4 Å². The van der Waals surface area contributed by atoms with Gasteiger partial charge in [-0.15, -0.1) is 0 Å². The average Bonchev–Trinajstić information content (AvgIpc) is 2.72. The normalized spacial score (nSPS) is 18.9. The third-order valence-corrected chi connectivity index (χ3v) is 6.12. The van der Waals surface area contributed by atoms with Gasteiger partial charge in [-0.05, 0) is 31.9 Å². The first-order valence-corrected chi connectivity index (χ1v) is 11.0. The minimum Gasteiger partial charge on any atom is -0.337 e. The highest BCUT2D eigenvalue weighted by Gasteiger charge is 2.32. The van der Waals surface area contributed by atoms with Crippen LogP contribution in [-0.4, -0.2) is 50.9 Å². The largest absolute Gasteiger partial charge is 0.337 e. The number of rotatable bonds is 7. The Bertz CT molecular complexity index is 907. The monoisotopic (exact) mass is 398 g/mol. The van der Waals surface area contributed by atoms with Gasteiger partial charge in [-0.2, -0.15) is 0 Å². The number of piperazine rings is 1. The lowest BCUT2D eigenvalue weighted by atomic mass is 10.1. The summed E-state index contributed by atoms with van der Waals surface area (Å²) in [5, 5.41) is 0.657. The van der Waals surface area contributed by atoms with E-state index >= 15 is 0 Å². The summed E-state index contributed by atoms with van der Waals surface area (Å²) in [6.07, 6.45) is 4.74. The molecule has 1 fully saturated rings. The van der Waals surface area contributed by atoms with E-state index in [0.29, 0.717) is 11.8 Å². The zero-order valence-corrected chi connectivity index (χ0v) is 18.2. The van der Waals surface area contributed by atoms with Crippen molar-refractivity contribution in [2.45, 2.75) is 65.0 Å². The molecule has 1 aromatic heterocycles. The number of hydrogen-bond donors (Lipinski definition) is 0. The van der Waals surface area contributed by atoms with Gasteiger partial charge in [0, 0.05) is 39.1 Å². The van der Waals surface area contributed by atoms with Gasteiger partial charge >= 0.3 is 0 Å². The number of unbranched alkanes of at least 4 members (excludes halogenated alkanes) is 2. The first kappa shape index (κ1) is 21.5. The molecule has 1 aliphatic rings. The van der Waals surface area contributed by atoms with E-state index < -0.39 is 0 Å². The van der Waals surface area contributed by atoms with Crippen LogP contribution in [0.3, 0.4) is 0 Å². The maximum Gasteiger partial charge on any atom is 0.261 e. The lowest BCUT2D eigenvalue weighted by Crippen LogP contribution is -2.55. The van der Waals surface area contributed by atoms with E-state index in [9.17, 15) is 9.59 Å². The fourth-order valence-corrected chi connectivity index (χ4v) is 4.45. The van der Waals surface area contributed by atoms with E-state index in [1.54, 1.807) is 4.57 Å². The summed E-state index contributed by atoms with van der Waals surface area (Å²) in [5.41, 5.74) is 0.753. The molecule has 1 aliphatic heterocycles. The summed E-state index contributed by atoms with van der Waals surface area (Å²) in [4.78, 5) is 34.7. The molecule has 0 saturated carbocycles. The second-order valence-electron chi connectivity index (χ2n) is 8.16. The number of aromatic nitrogens is 2. The van der Waals surface area contributed by atoms with E-state index in [0.717, 1.165) is 56.7 Å². The van der Waals surface area contributed by atoms with Crippen molar-refractivity contribution >= 4 is 16.8 Å². The number of amides is 1. The zero-order valence-electron chi connectivity index (χ0n) is 18.2. The molecule has 6 heteroatoms. The second kappa shape index (κ2) is 9.53. The fourth-order valence-electron chi connectivity index (χ4n) is 4.45. The van der Waals surface area contributed by atoms with E-state index in [1.165, 1.54) is 0 Å². The number of fused-ring (bicyclic) bond motifs is 1. The van der Waals surface area contributed by atoms with Crippen LogP contribution in [0.2, 0.25) is 0 Å². The van der Waals surface area contributed by atoms with Crippen molar-refractivity contribution in [2.75, 3.05) is 19.6 Å². The van der Waals surface area contributed by atoms with Crippen molar-refractivity contribution in [3.63, 3.8) is 0 Å². The van der Waals surface area contributed by atoms with Gasteiger partial charge in [-0.25, -0.2) is 4.98 Å². The molecule has 1 amide bonds. The topological polar surface area (TPSA) is 58.4 Å². The Morgan fingerprint density at radius 3 is 2.66 bits per heavy atom. The highest BCUT2D eigenvalue weighted by Crippen LogP contribution is 2.26. The van der Waals surface area contributed by atoms with Crippen LogP contribution in [-0.2, 0) is 11.8 Å². The van der Waals surface area contributed by atoms with Gasteiger partial charge in [0.2, 0.25) is 5.91 Å². The van der Waals surface area contributed by atoms with Crippen LogP contribution in [0.1, 0.15) is 64.7 Å². The molecule has 1 aromatic carbocycles. The quantitative estimate of drug-likeness (QED) is 0.670. The number of nitrogens with zero attached hydrogens (tertiary/aromatic N) is 4. The molecule has 0 spiro atoms. The number of benzene rings is 1. The summed E-state index contributed by atoms with van der Waals surface area (Å²) in [5.74, 6) is 1.08. The first-order valence-electron chi connectivity index (χ1n) is 11.0. The van der Waals surface area contributed by atoms with Crippen LogP contribution in [0, 0.1) is 0 Å². The van der Waals surface area contributed by atoms with Crippen LogP contribution < -0.4 is 5.56 Å². The van der Waals surface area contributed by atoms with Gasteiger partial charge in [-0.1, -0.05) is 38.8 Å². The standard InChI is InChI=1S/C23H34N4O2/c1-5-7-8-13-21(28)27-15-14-26(16-17(27)3)20(6-2)22-24-19-12-10-9-11-18(19)23(29)25(22)4/h9-12,17,20H,5-8,13-16H2,1-4H3. The molecule has 2 atom stereocenters. The molecule has 1 saturated heterocycles. The van der Waals surface area contributed by atoms with Crippen molar-refractivity contribution in [1.29, 1.82) is 0 Å². The Kier molecular flexibility index (Phi) is 7.06. The molecule has 2 unspecified atom stereocenters. The second-order valence-corrected chi connectivity index (χ2v) is 8.16. The van der Waals surface area contributed by atoms with Gasteiger partial charge in [0.25, 0.3) is 5.56 Å². The maximum absolute atomic E-state index is 12.8. The molecule has 0 aliphatic carbocycles. The number of carbonyl (C=O) groups is 1. The molecule has 0 N–H and O–H groups in total. The molecule has 6 nitrogen and oxygen atoms in total. The Hall–Kier alpha value is -2.21. The van der Waals surface area contributed by atoms with Crippen LogP contribution in [0.5, 0.6) is 0 Å². The SMILES string of the molecule is CCCCCC(=O)N1CCN(C(CC)c2nc3ccccc3c(=O)n2C)CC1C.